The summed E-state index contributed by atoms with van der Waals surface area (Å²) in [7, 11) is 0. The summed E-state index contributed by atoms with van der Waals surface area (Å²) in [5.41, 5.74) is 10.4. The number of anilines is 3. The van der Waals surface area contributed by atoms with Gasteiger partial charge in [-0.3, -0.25) is 48.5 Å². The number of carboxylic acid groups (broad SMARTS) is 2. The molecule has 4 bridgehead atoms. The second-order valence-electron chi connectivity index (χ2n) is 29.7. The molecular formula is C76H92N12O14S. The number of carboxylic acids is 2. The van der Waals surface area contributed by atoms with Crippen molar-refractivity contribution in [1.82, 2.24) is 40.2 Å². The van der Waals surface area contributed by atoms with Crippen LogP contribution < -0.4 is 31.9 Å². The second-order valence-corrected chi connectivity index (χ2v) is 30.8. The van der Waals surface area contributed by atoms with E-state index in [1.807, 2.05) is 59.0 Å². The van der Waals surface area contributed by atoms with Crippen molar-refractivity contribution in [2.45, 2.75) is 169 Å². The second kappa shape index (κ2) is 31.8. The molecule has 6 aliphatic rings. The zero-order valence-corrected chi connectivity index (χ0v) is 59.9. The first-order valence-electron chi connectivity index (χ1n) is 35.5. The van der Waals surface area contributed by atoms with Gasteiger partial charge < -0.3 is 51.2 Å². The van der Waals surface area contributed by atoms with E-state index in [0.717, 1.165) is 70.5 Å². The Kier molecular flexibility index (Phi) is 22.9. The van der Waals surface area contributed by atoms with Gasteiger partial charge in [-0.25, -0.2) is 24.4 Å². The maximum absolute atomic E-state index is 14.0. The highest BCUT2D eigenvalue weighted by Gasteiger charge is 2.66. The average Bonchev–Trinajstić information content (AvgIpc) is 0.817. The van der Waals surface area contributed by atoms with Crippen LogP contribution in [0.3, 0.4) is 0 Å². The molecule has 103 heavy (non-hydrogen) atoms. The zero-order chi connectivity index (χ0) is 73.4. The van der Waals surface area contributed by atoms with Crippen LogP contribution in [-0.4, -0.2) is 150 Å². The van der Waals surface area contributed by atoms with E-state index in [2.05, 4.69) is 40.1 Å². The van der Waals surface area contributed by atoms with E-state index in [1.54, 1.807) is 56.4 Å². The number of primary amides is 1. The number of pyridine rings is 1. The van der Waals surface area contributed by atoms with E-state index < -0.39 is 47.5 Å². The summed E-state index contributed by atoms with van der Waals surface area (Å²) in [6.07, 6.45) is 11.5. The zero-order valence-electron chi connectivity index (χ0n) is 59.1. The fraction of sp³-hybridized carbons (Fsp3) is 0.487. The first kappa shape index (κ1) is 74.3. The van der Waals surface area contributed by atoms with Crippen LogP contribution in [-0.2, 0) is 64.4 Å². The van der Waals surface area contributed by atoms with E-state index in [-0.39, 0.29) is 129 Å². The minimum absolute atomic E-state index is 0.0632. The molecule has 8 N–H and O–H groups in total. The fourth-order valence-corrected chi connectivity index (χ4v) is 18.0. The summed E-state index contributed by atoms with van der Waals surface area (Å²) in [4.78, 5) is 143. The van der Waals surface area contributed by atoms with Gasteiger partial charge in [-0.15, -0.1) is 0 Å². The first-order valence-corrected chi connectivity index (χ1v) is 36.3. The number of ketones is 1. The third kappa shape index (κ3) is 18.1. The Morgan fingerprint density at radius 2 is 1.53 bits per heavy atom. The van der Waals surface area contributed by atoms with Crippen LogP contribution in [0.2, 0.25) is 0 Å². The van der Waals surface area contributed by atoms with Gasteiger partial charge in [-0.1, -0.05) is 81.9 Å². The number of aromatic carboxylic acids is 1. The van der Waals surface area contributed by atoms with E-state index in [9.17, 15) is 58.2 Å². The van der Waals surface area contributed by atoms with Crippen molar-refractivity contribution in [2.24, 2.45) is 33.8 Å². The number of ether oxygens (including phenoxy) is 2. The fourth-order valence-electron chi connectivity index (χ4n) is 17.2. The molecule has 3 aromatic carbocycles. The minimum Gasteiger partial charge on any atom is -0.481 e. The maximum atomic E-state index is 14.0. The molecule has 4 atom stereocenters. The first-order chi connectivity index (χ1) is 49.2. The maximum Gasteiger partial charge on any atom is 0.410 e. The van der Waals surface area contributed by atoms with Crippen LogP contribution in [0.5, 0.6) is 0 Å². The molecular weight excluding hydrogens is 1340 g/mol. The monoisotopic (exact) mass is 1430 g/mol. The molecule has 4 aliphatic carbocycles. The number of aromatic nitrogens is 4. The Bertz CT molecular complexity index is 4190. The van der Waals surface area contributed by atoms with Crippen molar-refractivity contribution < 1.29 is 67.6 Å². The highest BCUT2D eigenvalue weighted by atomic mass is 32.1. The summed E-state index contributed by atoms with van der Waals surface area (Å²) in [5.74, 6) is -4.99. The lowest BCUT2D eigenvalue weighted by Crippen LogP contribution is -2.64. The number of nitrogens with two attached hydrogens (primary N) is 1. The number of aliphatic carboxylic acids is 1. The van der Waals surface area contributed by atoms with Crippen molar-refractivity contribution in [3.63, 3.8) is 0 Å². The number of carbonyl (C=O) groups is 10. The Morgan fingerprint density at radius 3 is 2.24 bits per heavy atom. The lowest BCUT2D eigenvalue weighted by Gasteiger charge is -2.69. The Morgan fingerprint density at radius 1 is 0.786 bits per heavy atom. The van der Waals surface area contributed by atoms with Gasteiger partial charge in [0.1, 0.15) is 12.4 Å². The molecule has 2 aliphatic heterocycles. The van der Waals surface area contributed by atoms with Crippen LogP contribution in [0.25, 0.3) is 21.3 Å². The summed E-state index contributed by atoms with van der Waals surface area (Å²) in [6, 6.07) is 22.1. The van der Waals surface area contributed by atoms with Crippen LogP contribution in [0.15, 0.2) is 97.2 Å². The Hall–Kier alpha value is -9.89. The molecule has 0 radical (unpaired) electrons. The van der Waals surface area contributed by atoms with Gasteiger partial charge in [0, 0.05) is 111 Å². The lowest BCUT2D eigenvalue weighted by atomic mass is 9.39. The SMILES string of the molecule is Cc1c(-c2ccc(N3CCc4cccc(C(=O)Nc5nc6ccccc6s5)c4C3)nc2C(=O)O)cnn1CC12CC3(C)CC(C)(C1)CC(OCCN(CCCC(=O)O)C(=O)OCc1ccc(NC(=O)[C@H](CCCNC(N)=O)CC(=O)[C@@H](NC(=O)CCCCCN4C(=O)C=CC4=O)C(C)C)cc1)(C3)C2. The number of Topliss-reactive ketones (excluding diaryl/α,β-unsaturated/α-hetero) is 1. The van der Waals surface area contributed by atoms with Crippen LogP contribution in [0.1, 0.15) is 167 Å². The van der Waals surface area contributed by atoms with Crippen molar-refractivity contribution in [3.8, 4) is 11.1 Å². The number of nitrogens with zero attached hydrogens (tertiary/aromatic N) is 7. The standard InChI is InChI=1S/C76H92N12O14S/c1-47(2)65(83-61(90)19-7-6-10-32-87-62(91)27-28-63(87)92)58(89)36-51(15-12-30-78-70(77)99)67(95)80-52-23-21-49(22-24-52)39-101-72(100)85(31-13-20-64(93)94)34-35-102-76-43-73(4)40-74(5,44-76)42-75(41-73,45-76)46-88-48(3)55(37-79-88)53-25-26-60(82-66(53)69(97)98)86-33-29-50-14-11-16-54(56(50)38-86)68(96)84-71-81-57-17-8-9-18-59(57)103-71/h8-9,11,14,16-18,21-28,37,47,51,65H,6-7,10,12-13,15,19-20,29-36,38-46H2,1-5H3,(H,80,95)(H,83,90)(H,93,94)(H,97,98)(H3,77,78,99)(H,81,84,96)/t51-,65+,73?,74?,75?,76?/m1/s1. The molecule has 5 heterocycles. The molecule has 27 heteroatoms. The van der Waals surface area contributed by atoms with Gasteiger partial charge in [0.2, 0.25) is 11.8 Å². The number of urea groups is 1. The molecule has 4 saturated carbocycles. The Balaban J connectivity index is 0.696. The quantitative estimate of drug-likeness (QED) is 0.0146. The van der Waals surface area contributed by atoms with Crippen LogP contribution in [0.4, 0.5) is 26.2 Å². The van der Waals surface area contributed by atoms with Crippen molar-refractivity contribution in [1.29, 1.82) is 0 Å². The van der Waals surface area contributed by atoms with Gasteiger partial charge in [-0.05, 0) is 165 Å². The number of hydrogen-bond acceptors (Lipinski definition) is 17. The van der Waals surface area contributed by atoms with E-state index >= 15 is 0 Å². The molecule has 12 rings (SSSR count). The number of carbonyl (C=O) groups excluding carboxylic acids is 8. The normalized spacial score (nSPS) is 20.8. The highest BCUT2D eigenvalue weighted by Crippen LogP contribution is 2.72. The number of imide groups is 1. The van der Waals surface area contributed by atoms with E-state index in [1.165, 1.54) is 28.4 Å². The van der Waals surface area contributed by atoms with Crippen molar-refractivity contribution in [3.05, 3.63) is 131 Å². The number of benzene rings is 3. The number of thiazole rings is 1. The summed E-state index contributed by atoms with van der Waals surface area (Å²) in [5, 5.41) is 37.0. The number of unbranched alkanes of at least 4 members (excludes halogenated alkanes) is 2. The summed E-state index contributed by atoms with van der Waals surface area (Å²) >= 11 is 1.41. The van der Waals surface area contributed by atoms with Gasteiger partial charge in [0.05, 0.1) is 34.7 Å². The summed E-state index contributed by atoms with van der Waals surface area (Å²) in [6.45, 7) is 12.4. The molecule has 0 spiro atoms. The molecule has 26 nitrogen and oxygen atoms in total. The smallest absolute Gasteiger partial charge is 0.410 e. The Labute approximate surface area is 601 Å². The third-order valence-corrected chi connectivity index (χ3v) is 21.7. The number of rotatable bonds is 34. The largest absolute Gasteiger partial charge is 0.481 e. The molecule has 8 amide bonds. The number of hydrogen-bond donors (Lipinski definition) is 7. The van der Waals surface area contributed by atoms with Gasteiger partial charge in [0.25, 0.3) is 17.7 Å². The molecule has 6 aromatic rings. The van der Waals surface area contributed by atoms with E-state index in [4.69, 9.17) is 25.3 Å². The van der Waals surface area contributed by atoms with Gasteiger partial charge in [-0.2, -0.15) is 5.10 Å². The summed E-state index contributed by atoms with van der Waals surface area (Å²) < 4.78 is 15.9. The molecule has 546 valence electrons. The van der Waals surface area contributed by atoms with Crippen molar-refractivity contribution in [2.75, 3.05) is 54.9 Å². The average molecular weight is 1430 g/mol. The number of para-hydroxylation sites is 1. The molecule has 3 aromatic heterocycles. The van der Waals surface area contributed by atoms with E-state index in [0.29, 0.717) is 90.6 Å². The van der Waals surface area contributed by atoms with Gasteiger partial charge in [0.15, 0.2) is 16.6 Å². The number of amides is 8. The van der Waals surface area contributed by atoms with Crippen LogP contribution >= 0.6 is 11.3 Å². The molecule has 2 unspecified atom stereocenters. The number of fused-ring (bicyclic) bond motifs is 2. The third-order valence-electron chi connectivity index (χ3n) is 20.8. The molecule has 0 saturated heterocycles. The van der Waals surface area contributed by atoms with Crippen LogP contribution in [0, 0.1) is 35.0 Å². The number of nitrogens with one attached hydrogen (secondary N) is 4. The topological polar surface area (TPSA) is 357 Å². The highest BCUT2D eigenvalue weighted by molar-refractivity contribution is 7.22. The lowest BCUT2D eigenvalue weighted by molar-refractivity contribution is -0.248. The predicted molar refractivity (Wildman–Crippen MR) is 386 cm³/mol. The van der Waals surface area contributed by atoms with Gasteiger partial charge >= 0.3 is 24.1 Å². The molecule has 4 fully saturated rings. The predicted octanol–water partition coefficient (Wildman–Crippen LogP) is 10.6. The minimum atomic E-state index is -1.18. The van der Waals surface area contributed by atoms with Crippen molar-refractivity contribution >= 4 is 97.6 Å².